The number of ether oxygens (including phenoxy) is 1. The van der Waals surface area contributed by atoms with Gasteiger partial charge >= 0.3 is 6.61 Å². The largest absolute Gasteiger partial charge is 0.435 e. The molecule has 1 fully saturated rings. The summed E-state index contributed by atoms with van der Waals surface area (Å²) < 4.78 is 29.5. The summed E-state index contributed by atoms with van der Waals surface area (Å²) in [6, 6.07) is 6.49. The predicted octanol–water partition coefficient (Wildman–Crippen LogP) is 2.41. The van der Waals surface area contributed by atoms with Crippen molar-refractivity contribution in [2.45, 2.75) is 19.5 Å². The van der Waals surface area contributed by atoms with Gasteiger partial charge in [0.25, 0.3) is 0 Å². The Balaban J connectivity index is 2.10. The number of nitriles is 1. The van der Waals surface area contributed by atoms with Gasteiger partial charge in [0.15, 0.2) is 0 Å². The number of anilines is 1. The second-order valence-corrected chi connectivity index (χ2v) is 5.88. The number of amides is 1. The van der Waals surface area contributed by atoms with Crippen LogP contribution in [0.2, 0.25) is 0 Å². The standard InChI is InChI=1S/C17H16F2N4O2/c18-17(19)25-12-3-4-14-13(6-12)15(11(7-20)8-22-14)23-5-1-2-10(9-23)16(21)24/h3-4,6,8,10,17H,1-2,5,9H2,(H2,21,24). The van der Waals surface area contributed by atoms with Crippen molar-refractivity contribution >= 4 is 22.5 Å². The van der Waals surface area contributed by atoms with Crippen LogP contribution in [0, 0.1) is 17.2 Å². The molecule has 1 atom stereocenters. The lowest BCUT2D eigenvalue weighted by Gasteiger charge is -2.34. The van der Waals surface area contributed by atoms with Gasteiger partial charge in [-0.25, -0.2) is 0 Å². The maximum absolute atomic E-state index is 12.5. The van der Waals surface area contributed by atoms with Crippen LogP contribution in [0.5, 0.6) is 5.75 Å². The second kappa shape index (κ2) is 6.89. The lowest BCUT2D eigenvalue weighted by Crippen LogP contribution is -2.41. The van der Waals surface area contributed by atoms with Crippen molar-refractivity contribution in [3.8, 4) is 11.8 Å². The number of alkyl halides is 2. The van der Waals surface area contributed by atoms with Crippen molar-refractivity contribution in [3.63, 3.8) is 0 Å². The first-order valence-electron chi connectivity index (χ1n) is 7.81. The molecule has 0 bridgehead atoms. The Labute approximate surface area is 142 Å². The van der Waals surface area contributed by atoms with Gasteiger partial charge in [-0.05, 0) is 31.0 Å². The average Bonchev–Trinajstić information content (AvgIpc) is 2.60. The summed E-state index contributed by atoms with van der Waals surface area (Å²) in [4.78, 5) is 17.6. The normalized spacial score (nSPS) is 17.5. The van der Waals surface area contributed by atoms with Gasteiger partial charge in [0.1, 0.15) is 11.8 Å². The minimum absolute atomic E-state index is 0.0101. The molecule has 2 aromatic rings. The fourth-order valence-corrected chi connectivity index (χ4v) is 3.17. The fourth-order valence-electron chi connectivity index (χ4n) is 3.17. The number of carbonyl (C=O) groups excluding carboxylic acids is 1. The van der Waals surface area contributed by atoms with Gasteiger partial charge in [-0.3, -0.25) is 9.78 Å². The maximum atomic E-state index is 12.5. The fraction of sp³-hybridized carbons (Fsp3) is 0.353. The number of hydrogen-bond acceptors (Lipinski definition) is 5. The molecule has 1 aromatic heterocycles. The Morgan fingerprint density at radius 3 is 2.96 bits per heavy atom. The average molecular weight is 346 g/mol. The molecule has 2 heterocycles. The molecule has 25 heavy (non-hydrogen) atoms. The molecule has 2 N–H and O–H groups in total. The summed E-state index contributed by atoms with van der Waals surface area (Å²) >= 11 is 0. The zero-order chi connectivity index (χ0) is 18.0. The molecule has 0 spiro atoms. The molecule has 0 saturated carbocycles. The molecule has 3 rings (SSSR count). The SMILES string of the molecule is N#Cc1cnc2ccc(OC(F)F)cc2c1N1CCCC(C(N)=O)C1. The first-order valence-corrected chi connectivity index (χ1v) is 7.81. The van der Waals surface area contributed by atoms with Crippen molar-refractivity contribution in [3.05, 3.63) is 30.0 Å². The van der Waals surface area contributed by atoms with E-state index in [-0.39, 0.29) is 17.6 Å². The predicted molar refractivity (Wildman–Crippen MR) is 87.2 cm³/mol. The third-order valence-corrected chi connectivity index (χ3v) is 4.30. The Morgan fingerprint density at radius 2 is 2.28 bits per heavy atom. The minimum atomic E-state index is -2.94. The number of primary amides is 1. The van der Waals surface area contributed by atoms with Crippen LogP contribution in [0.15, 0.2) is 24.4 Å². The lowest BCUT2D eigenvalue weighted by atomic mass is 9.96. The molecular formula is C17H16F2N4O2. The lowest BCUT2D eigenvalue weighted by molar-refractivity contribution is -0.122. The summed E-state index contributed by atoms with van der Waals surface area (Å²) in [5, 5.41) is 9.97. The Kier molecular flexibility index (Phi) is 4.65. The van der Waals surface area contributed by atoms with Gasteiger partial charge in [0, 0.05) is 24.7 Å². The molecule has 0 radical (unpaired) electrons. The van der Waals surface area contributed by atoms with E-state index in [2.05, 4.69) is 15.8 Å². The first-order chi connectivity index (χ1) is 12.0. The van der Waals surface area contributed by atoms with Crippen molar-refractivity contribution in [1.82, 2.24) is 4.98 Å². The summed E-state index contributed by atoms with van der Waals surface area (Å²) in [5.74, 6) is -0.712. The summed E-state index contributed by atoms with van der Waals surface area (Å²) in [6.07, 6.45) is 2.88. The van der Waals surface area contributed by atoms with E-state index in [0.29, 0.717) is 41.7 Å². The maximum Gasteiger partial charge on any atom is 0.387 e. The molecule has 1 saturated heterocycles. The van der Waals surface area contributed by atoms with Crippen molar-refractivity contribution in [2.24, 2.45) is 11.7 Å². The number of nitrogens with zero attached hydrogens (tertiary/aromatic N) is 3. The number of hydrogen-bond donors (Lipinski definition) is 1. The summed E-state index contributed by atoms with van der Waals surface area (Å²) in [6.45, 7) is -1.93. The zero-order valence-corrected chi connectivity index (χ0v) is 13.3. The third-order valence-electron chi connectivity index (χ3n) is 4.30. The number of carbonyl (C=O) groups is 1. The zero-order valence-electron chi connectivity index (χ0n) is 13.3. The number of halogens is 2. The third kappa shape index (κ3) is 3.45. The number of pyridine rings is 1. The Bertz CT molecular complexity index is 850. The molecule has 1 aromatic carbocycles. The van der Waals surface area contributed by atoms with E-state index in [1.165, 1.54) is 18.3 Å². The van der Waals surface area contributed by atoms with E-state index in [1.807, 2.05) is 4.90 Å². The van der Waals surface area contributed by atoms with E-state index >= 15 is 0 Å². The summed E-state index contributed by atoms with van der Waals surface area (Å²) in [5.41, 5.74) is 6.86. The van der Waals surface area contributed by atoms with Gasteiger partial charge in [-0.15, -0.1) is 0 Å². The number of benzene rings is 1. The van der Waals surface area contributed by atoms with Crippen molar-refractivity contribution in [1.29, 1.82) is 5.26 Å². The van der Waals surface area contributed by atoms with Gasteiger partial charge in [0.05, 0.1) is 22.7 Å². The number of piperidine rings is 1. The summed E-state index contributed by atoms with van der Waals surface area (Å²) in [7, 11) is 0. The molecule has 0 aliphatic carbocycles. The van der Waals surface area contributed by atoms with Crippen LogP contribution in [0.1, 0.15) is 18.4 Å². The molecule has 1 unspecified atom stereocenters. The highest BCUT2D eigenvalue weighted by Crippen LogP contribution is 2.34. The van der Waals surface area contributed by atoms with E-state index in [9.17, 15) is 18.8 Å². The van der Waals surface area contributed by atoms with Crippen LogP contribution in [0.4, 0.5) is 14.5 Å². The molecular weight excluding hydrogens is 330 g/mol. The van der Waals surface area contributed by atoms with Gasteiger partial charge in [0.2, 0.25) is 5.91 Å². The van der Waals surface area contributed by atoms with Crippen LogP contribution in [-0.4, -0.2) is 30.6 Å². The van der Waals surface area contributed by atoms with Crippen LogP contribution < -0.4 is 15.4 Å². The molecule has 6 nitrogen and oxygen atoms in total. The molecule has 1 amide bonds. The Morgan fingerprint density at radius 1 is 1.48 bits per heavy atom. The molecule has 1 aliphatic heterocycles. The van der Waals surface area contributed by atoms with E-state index in [4.69, 9.17) is 5.73 Å². The number of nitrogens with two attached hydrogens (primary N) is 1. The van der Waals surface area contributed by atoms with Crippen LogP contribution >= 0.6 is 0 Å². The number of rotatable bonds is 4. The van der Waals surface area contributed by atoms with Crippen molar-refractivity contribution < 1.29 is 18.3 Å². The van der Waals surface area contributed by atoms with Crippen LogP contribution in [0.25, 0.3) is 10.9 Å². The number of aromatic nitrogens is 1. The highest BCUT2D eigenvalue weighted by Gasteiger charge is 2.27. The van der Waals surface area contributed by atoms with Crippen molar-refractivity contribution in [2.75, 3.05) is 18.0 Å². The smallest absolute Gasteiger partial charge is 0.387 e. The second-order valence-electron chi connectivity index (χ2n) is 5.88. The molecule has 130 valence electrons. The van der Waals surface area contributed by atoms with E-state index in [0.717, 1.165) is 6.42 Å². The molecule has 1 aliphatic rings. The Hall–Kier alpha value is -2.95. The van der Waals surface area contributed by atoms with E-state index < -0.39 is 6.61 Å². The topological polar surface area (TPSA) is 92.2 Å². The quantitative estimate of drug-likeness (QED) is 0.918. The minimum Gasteiger partial charge on any atom is -0.435 e. The number of fused-ring (bicyclic) bond motifs is 1. The van der Waals surface area contributed by atoms with Crippen LogP contribution in [0.3, 0.4) is 0 Å². The highest BCUT2D eigenvalue weighted by atomic mass is 19.3. The van der Waals surface area contributed by atoms with Gasteiger partial charge in [-0.1, -0.05) is 0 Å². The van der Waals surface area contributed by atoms with Crippen LogP contribution in [-0.2, 0) is 4.79 Å². The monoisotopic (exact) mass is 346 g/mol. The van der Waals surface area contributed by atoms with Gasteiger partial charge < -0.3 is 15.4 Å². The van der Waals surface area contributed by atoms with Gasteiger partial charge in [-0.2, -0.15) is 14.0 Å². The molecule has 8 heteroatoms. The first kappa shape index (κ1) is 16.9. The van der Waals surface area contributed by atoms with E-state index in [1.54, 1.807) is 6.07 Å². The highest BCUT2D eigenvalue weighted by molar-refractivity contribution is 5.95.